The van der Waals surface area contributed by atoms with Gasteiger partial charge in [0.1, 0.15) is 11.9 Å². The van der Waals surface area contributed by atoms with Crippen LogP contribution in [-0.2, 0) is 11.3 Å². The molecule has 2 fully saturated rings. The minimum atomic E-state index is -0.218. The molecule has 2 N–H and O–H groups in total. The monoisotopic (exact) mass is 399 g/mol. The van der Waals surface area contributed by atoms with Gasteiger partial charge in [-0.3, -0.25) is 0 Å². The van der Waals surface area contributed by atoms with E-state index < -0.39 is 0 Å². The number of aromatic nitrogens is 1. The molecule has 0 aliphatic carbocycles. The molecule has 2 aromatic rings. The Balaban J connectivity index is 1.29. The second kappa shape index (κ2) is 9.09. The summed E-state index contributed by atoms with van der Waals surface area (Å²) in [4.78, 5) is 13.1. The Hall–Kier alpha value is -2.87. The molecule has 0 radical (unpaired) electrons. The number of benzene rings is 1. The van der Waals surface area contributed by atoms with E-state index in [4.69, 9.17) is 15.2 Å². The van der Waals surface area contributed by atoms with Crippen LogP contribution in [0.2, 0.25) is 0 Å². The van der Waals surface area contributed by atoms with Crippen molar-refractivity contribution >= 4 is 11.6 Å². The summed E-state index contributed by atoms with van der Waals surface area (Å²) < 4.78 is 24.3. The highest BCUT2D eigenvalue weighted by Gasteiger charge is 2.19. The predicted octanol–water partition coefficient (Wildman–Crippen LogP) is 2.03. The molecule has 2 aliphatic rings. The van der Waals surface area contributed by atoms with Gasteiger partial charge in [-0.05, 0) is 35.9 Å². The maximum Gasteiger partial charge on any atom is 0.213 e. The van der Waals surface area contributed by atoms with Crippen LogP contribution in [0.25, 0.3) is 0 Å². The van der Waals surface area contributed by atoms with Gasteiger partial charge in [-0.25, -0.2) is 14.4 Å². The van der Waals surface area contributed by atoms with Crippen molar-refractivity contribution in [1.82, 2.24) is 9.88 Å². The zero-order chi connectivity index (χ0) is 20.1. The van der Waals surface area contributed by atoms with E-state index in [1.165, 1.54) is 12.1 Å². The standard InChI is InChI=1S/C21H26FN5O2/c22-17-1-3-18(4-2-17)26-8-10-27(11-9-26)21(23)25-14-16-5-7-24-20(13-16)29-19-6-12-28-15-19/h1-5,7,13,19H,6,8-12,14-15H2,(H2,23,25). The van der Waals surface area contributed by atoms with Gasteiger partial charge < -0.3 is 25.0 Å². The second-order valence-electron chi connectivity index (χ2n) is 7.23. The predicted molar refractivity (Wildman–Crippen MR) is 110 cm³/mol. The van der Waals surface area contributed by atoms with Crippen LogP contribution in [0.5, 0.6) is 5.88 Å². The van der Waals surface area contributed by atoms with Gasteiger partial charge in [0.05, 0.1) is 19.8 Å². The zero-order valence-corrected chi connectivity index (χ0v) is 16.3. The molecule has 7 nitrogen and oxygen atoms in total. The van der Waals surface area contributed by atoms with E-state index in [0.717, 1.165) is 50.5 Å². The number of anilines is 1. The lowest BCUT2D eigenvalue weighted by atomic mass is 10.2. The molecule has 0 bridgehead atoms. The van der Waals surface area contributed by atoms with Crippen LogP contribution in [0, 0.1) is 5.82 Å². The molecule has 2 saturated heterocycles. The van der Waals surface area contributed by atoms with Crippen molar-refractivity contribution in [2.45, 2.75) is 19.1 Å². The second-order valence-corrected chi connectivity index (χ2v) is 7.23. The quantitative estimate of drug-likeness (QED) is 0.612. The van der Waals surface area contributed by atoms with Crippen molar-refractivity contribution in [2.75, 3.05) is 44.3 Å². The van der Waals surface area contributed by atoms with Gasteiger partial charge in [-0.15, -0.1) is 0 Å². The number of piperazine rings is 1. The summed E-state index contributed by atoms with van der Waals surface area (Å²) in [6.45, 7) is 5.01. The van der Waals surface area contributed by atoms with E-state index in [1.54, 1.807) is 6.20 Å². The molecule has 0 amide bonds. The summed E-state index contributed by atoms with van der Waals surface area (Å²) >= 11 is 0. The molecule has 0 saturated carbocycles. The van der Waals surface area contributed by atoms with Crippen LogP contribution in [-0.4, -0.2) is 61.3 Å². The minimum Gasteiger partial charge on any atom is -0.472 e. The molecule has 154 valence electrons. The number of ether oxygens (including phenoxy) is 2. The van der Waals surface area contributed by atoms with Crippen molar-refractivity contribution in [1.29, 1.82) is 0 Å². The van der Waals surface area contributed by atoms with Crippen molar-refractivity contribution < 1.29 is 13.9 Å². The van der Waals surface area contributed by atoms with Gasteiger partial charge >= 0.3 is 0 Å². The average Bonchev–Trinajstić information content (AvgIpc) is 3.26. The third-order valence-corrected chi connectivity index (χ3v) is 5.19. The highest BCUT2D eigenvalue weighted by Crippen LogP contribution is 2.18. The Morgan fingerprint density at radius 1 is 1.21 bits per heavy atom. The summed E-state index contributed by atoms with van der Waals surface area (Å²) in [5.74, 6) is 0.914. The molecule has 1 unspecified atom stereocenters. The highest BCUT2D eigenvalue weighted by atomic mass is 19.1. The third-order valence-electron chi connectivity index (χ3n) is 5.19. The molecule has 1 atom stereocenters. The number of aliphatic imine (C=N–C) groups is 1. The van der Waals surface area contributed by atoms with Gasteiger partial charge in [0.2, 0.25) is 5.88 Å². The first-order valence-corrected chi connectivity index (χ1v) is 9.92. The Morgan fingerprint density at radius 3 is 2.72 bits per heavy atom. The summed E-state index contributed by atoms with van der Waals surface area (Å²) in [6, 6.07) is 10.4. The lowest BCUT2D eigenvalue weighted by Crippen LogP contribution is -2.51. The largest absolute Gasteiger partial charge is 0.472 e. The maximum atomic E-state index is 13.1. The van der Waals surface area contributed by atoms with E-state index in [2.05, 4.69) is 19.8 Å². The molecule has 1 aromatic carbocycles. The molecule has 3 heterocycles. The van der Waals surface area contributed by atoms with Crippen LogP contribution in [0.3, 0.4) is 0 Å². The van der Waals surface area contributed by atoms with E-state index >= 15 is 0 Å². The third kappa shape index (κ3) is 5.14. The Labute approximate surface area is 169 Å². The van der Waals surface area contributed by atoms with Gasteiger partial charge in [0.15, 0.2) is 5.96 Å². The lowest BCUT2D eigenvalue weighted by Gasteiger charge is -2.36. The van der Waals surface area contributed by atoms with E-state index in [-0.39, 0.29) is 11.9 Å². The molecule has 8 heteroatoms. The van der Waals surface area contributed by atoms with Crippen LogP contribution < -0.4 is 15.4 Å². The maximum absolute atomic E-state index is 13.1. The number of nitrogens with zero attached hydrogens (tertiary/aromatic N) is 4. The Morgan fingerprint density at radius 2 is 2.00 bits per heavy atom. The van der Waals surface area contributed by atoms with Crippen LogP contribution in [0.15, 0.2) is 47.6 Å². The summed E-state index contributed by atoms with van der Waals surface area (Å²) in [7, 11) is 0. The smallest absolute Gasteiger partial charge is 0.213 e. The minimum absolute atomic E-state index is 0.0729. The number of hydrogen-bond donors (Lipinski definition) is 1. The van der Waals surface area contributed by atoms with Crippen molar-refractivity contribution in [3.63, 3.8) is 0 Å². The number of halogens is 1. The number of hydrogen-bond acceptors (Lipinski definition) is 5. The number of guanidine groups is 1. The van der Waals surface area contributed by atoms with E-state index in [0.29, 0.717) is 25.0 Å². The number of rotatable bonds is 5. The molecular formula is C21H26FN5O2. The van der Waals surface area contributed by atoms with Crippen molar-refractivity contribution in [2.24, 2.45) is 10.7 Å². The van der Waals surface area contributed by atoms with Gasteiger partial charge in [0.25, 0.3) is 0 Å². The number of nitrogens with two attached hydrogens (primary N) is 1. The van der Waals surface area contributed by atoms with Gasteiger partial charge in [0, 0.05) is 50.6 Å². The van der Waals surface area contributed by atoms with Crippen LogP contribution in [0.1, 0.15) is 12.0 Å². The summed E-state index contributed by atoms with van der Waals surface area (Å²) in [6.07, 6.45) is 2.69. The first-order chi connectivity index (χ1) is 14.2. The summed E-state index contributed by atoms with van der Waals surface area (Å²) in [5, 5.41) is 0. The normalized spacial score (nSPS) is 20.2. The van der Waals surface area contributed by atoms with Gasteiger partial charge in [-0.2, -0.15) is 0 Å². The lowest BCUT2D eigenvalue weighted by molar-refractivity contribution is 0.138. The summed E-state index contributed by atoms with van der Waals surface area (Å²) in [5.41, 5.74) is 8.24. The SMILES string of the molecule is NC(=NCc1ccnc(OC2CCOC2)c1)N1CCN(c2ccc(F)cc2)CC1. The fourth-order valence-electron chi connectivity index (χ4n) is 3.51. The van der Waals surface area contributed by atoms with Crippen LogP contribution >= 0.6 is 0 Å². The van der Waals surface area contributed by atoms with Crippen molar-refractivity contribution in [3.8, 4) is 5.88 Å². The molecule has 4 rings (SSSR count). The molecule has 2 aliphatic heterocycles. The van der Waals surface area contributed by atoms with Crippen molar-refractivity contribution in [3.05, 3.63) is 54.0 Å². The molecule has 1 aromatic heterocycles. The Bertz CT molecular complexity index is 831. The fourth-order valence-corrected chi connectivity index (χ4v) is 3.51. The molecule has 0 spiro atoms. The Kier molecular flexibility index (Phi) is 6.09. The first kappa shape index (κ1) is 19.4. The van der Waals surface area contributed by atoms with Gasteiger partial charge in [-0.1, -0.05) is 0 Å². The highest BCUT2D eigenvalue weighted by molar-refractivity contribution is 5.78. The number of pyridine rings is 1. The topological polar surface area (TPSA) is 76.2 Å². The molecular weight excluding hydrogens is 373 g/mol. The van der Waals surface area contributed by atoms with E-state index in [9.17, 15) is 4.39 Å². The first-order valence-electron chi connectivity index (χ1n) is 9.92. The van der Waals surface area contributed by atoms with E-state index in [1.807, 2.05) is 24.3 Å². The average molecular weight is 399 g/mol. The fraction of sp³-hybridized carbons (Fsp3) is 0.429. The van der Waals surface area contributed by atoms with Crippen LogP contribution in [0.4, 0.5) is 10.1 Å². The zero-order valence-electron chi connectivity index (χ0n) is 16.3. The molecule has 29 heavy (non-hydrogen) atoms.